The van der Waals surface area contributed by atoms with Crippen LogP contribution in [0.5, 0.6) is 0 Å². The predicted octanol–water partition coefficient (Wildman–Crippen LogP) is 27.7. The highest BCUT2D eigenvalue weighted by Crippen LogP contribution is 2.45. The minimum absolute atomic E-state index is 1.14. The van der Waals surface area contributed by atoms with Crippen molar-refractivity contribution in [2.45, 2.75) is 77.0 Å². The van der Waals surface area contributed by atoms with Crippen LogP contribution in [0.2, 0.25) is 0 Å². The van der Waals surface area contributed by atoms with Gasteiger partial charge in [-0.25, -0.2) is 0 Å². The third-order valence-electron chi connectivity index (χ3n) is 25.2. The van der Waals surface area contributed by atoms with Gasteiger partial charge in [-0.3, -0.25) is 0 Å². The average molecular weight is 1430 g/mol. The van der Waals surface area contributed by atoms with Crippen LogP contribution in [-0.4, -0.2) is 0 Å². The Labute approximate surface area is 654 Å². The largest absolute Gasteiger partial charge is 0.0757 e. The molecule has 0 nitrogen and oxygen atoms in total. The van der Waals surface area contributed by atoms with E-state index in [0.717, 1.165) is 44.9 Å². The molecule has 0 spiro atoms. The summed E-state index contributed by atoms with van der Waals surface area (Å²) in [6, 6.07) is 129. The Morgan fingerprint density at radius 2 is 0.455 bits per heavy atom. The maximum atomic E-state index is 2.39. The highest BCUT2D eigenvalue weighted by molar-refractivity contribution is 6.20. The molecule has 6 aliphatic rings. The molecule has 532 valence electrons. The molecular formula is C112H84. The smallest absolute Gasteiger partial charge is 0.00638 e. The molecule has 0 radical (unpaired) electrons. The van der Waals surface area contributed by atoms with Gasteiger partial charge in [0.2, 0.25) is 0 Å². The number of hydrogen-bond acceptors (Lipinski definition) is 0. The van der Waals surface area contributed by atoms with Gasteiger partial charge in [-0.15, -0.1) is 0 Å². The van der Waals surface area contributed by atoms with E-state index in [1.807, 2.05) is 0 Å². The topological polar surface area (TPSA) is 0 Å². The maximum Gasteiger partial charge on any atom is -0.00638 e. The second-order valence-electron chi connectivity index (χ2n) is 31.3. The van der Waals surface area contributed by atoms with E-state index in [1.54, 1.807) is 0 Å². The van der Waals surface area contributed by atoms with E-state index < -0.39 is 0 Å². The van der Waals surface area contributed by atoms with Gasteiger partial charge in [0, 0.05) is 0 Å². The number of fused-ring (bicyclic) bond motifs is 25. The van der Waals surface area contributed by atoms with Crippen LogP contribution in [-0.2, 0) is 64.2 Å². The quantitative estimate of drug-likeness (QED) is 0.105. The number of benzene rings is 20. The molecule has 112 heavy (non-hydrogen) atoms. The molecule has 20 aromatic carbocycles. The molecule has 0 saturated carbocycles. The Morgan fingerprint density at radius 3 is 0.929 bits per heavy atom. The fraction of sp³-hybridized carbons (Fsp3) is 0.107. The Bertz CT molecular complexity index is 6960. The van der Waals surface area contributed by atoms with Gasteiger partial charge >= 0.3 is 0 Å². The normalized spacial score (nSPS) is 13.4. The van der Waals surface area contributed by atoms with Gasteiger partial charge in [-0.05, 0) is 307 Å². The van der Waals surface area contributed by atoms with Crippen molar-refractivity contribution >= 4 is 131 Å². The van der Waals surface area contributed by atoms with Gasteiger partial charge in [-0.1, -0.05) is 352 Å². The first-order valence-electron chi connectivity index (χ1n) is 40.6. The van der Waals surface area contributed by atoms with Gasteiger partial charge in [0.25, 0.3) is 0 Å². The molecule has 0 bridgehead atoms. The van der Waals surface area contributed by atoms with Crippen molar-refractivity contribution in [1.82, 2.24) is 0 Å². The van der Waals surface area contributed by atoms with Crippen molar-refractivity contribution in [3.63, 3.8) is 0 Å². The zero-order valence-electron chi connectivity index (χ0n) is 63.1. The van der Waals surface area contributed by atoms with Crippen LogP contribution in [0.4, 0.5) is 0 Å². The van der Waals surface area contributed by atoms with Crippen LogP contribution in [0.3, 0.4) is 0 Å². The lowest BCUT2D eigenvalue weighted by Gasteiger charge is -2.23. The molecule has 0 aliphatic heterocycles. The number of rotatable bonds is 0. The van der Waals surface area contributed by atoms with Crippen LogP contribution in [0.15, 0.2) is 352 Å². The van der Waals surface area contributed by atoms with E-state index in [-0.39, 0.29) is 0 Å². The van der Waals surface area contributed by atoms with Crippen molar-refractivity contribution in [2.24, 2.45) is 0 Å². The summed E-state index contributed by atoms with van der Waals surface area (Å²) >= 11 is 0. The molecule has 0 aromatic heterocycles. The summed E-state index contributed by atoms with van der Waals surface area (Å²) in [7, 11) is 0. The van der Waals surface area contributed by atoms with E-state index in [0.29, 0.717) is 0 Å². The fourth-order valence-electron chi connectivity index (χ4n) is 20.1. The molecule has 20 aromatic rings. The zero-order valence-corrected chi connectivity index (χ0v) is 63.1. The fourth-order valence-corrected chi connectivity index (χ4v) is 20.1. The first-order chi connectivity index (χ1) is 55.6. The van der Waals surface area contributed by atoms with Gasteiger partial charge in [0.05, 0.1) is 0 Å². The Morgan fingerprint density at radius 1 is 0.152 bits per heavy atom. The van der Waals surface area contributed by atoms with E-state index in [9.17, 15) is 0 Å². The van der Waals surface area contributed by atoms with Crippen molar-refractivity contribution < 1.29 is 0 Å². The van der Waals surface area contributed by atoms with Crippen LogP contribution in [0.25, 0.3) is 164 Å². The van der Waals surface area contributed by atoms with Gasteiger partial charge in [-0.2, -0.15) is 0 Å². The molecule has 0 N–H and O–H groups in total. The van der Waals surface area contributed by atoms with E-state index in [1.165, 1.54) is 250 Å². The first-order valence-corrected chi connectivity index (χ1v) is 40.6. The molecule has 0 heteroatoms. The average Bonchev–Trinajstić information content (AvgIpc) is 0.696. The summed E-state index contributed by atoms with van der Waals surface area (Å²) in [5, 5.41) is 33.7. The summed E-state index contributed by atoms with van der Waals surface area (Å²) in [5.41, 5.74) is 23.7. The summed E-state index contributed by atoms with van der Waals surface area (Å²) in [6.07, 6.45) is 18.7. The Hall–Kier alpha value is -13.0. The molecule has 26 rings (SSSR count). The number of aryl methyl sites for hydroxylation is 10. The number of hydrogen-bond donors (Lipinski definition) is 0. The molecule has 0 heterocycles. The van der Waals surface area contributed by atoms with Crippen molar-refractivity contribution in [2.75, 3.05) is 0 Å². The van der Waals surface area contributed by atoms with E-state index in [4.69, 9.17) is 0 Å². The van der Waals surface area contributed by atoms with Crippen molar-refractivity contribution in [1.29, 1.82) is 0 Å². The van der Waals surface area contributed by atoms with Crippen LogP contribution in [0, 0.1) is 0 Å². The summed E-state index contributed by atoms with van der Waals surface area (Å²) in [4.78, 5) is 0. The van der Waals surface area contributed by atoms with Crippen LogP contribution < -0.4 is 10.4 Å². The Kier molecular flexibility index (Phi) is 17.3. The minimum atomic E-state index is 1.14. The highest BCUT2D eigenvalue weighted by atomic mass is 14.3. The molecular weight excluding hydrogens is 1350 g/mol. The minimum Gasteiger partial charge on any atom is -0.0757 e. The SMILES string of the molecule is C1=c2c(c3ccccc3c3ccccc23)=CCC1.c1cc2c3c(c1)ccc1cccc(c13)CC2.c1ccc2c(c1)CCc1ccc3ccccc3c1-2.c1ccc2c(c1)CCc1ccccc1-2.c1ccc2c3c(ccc2c1)-c1ccc2ccccc2c1CC3.c1ccc2c3c4c(ccc5cc6ccccc6c(c54)CC3)cc2c1. The van der Waals surface area contributed by atoms with E-state index >= 15 is 0 Å². The molecule has 0 unspecified atom stereocenters. The summed E-state index contributed by atoms with van der Waals surface area (Å²) in [6.45, 7) is 0. The highest BCUT2D eigenvalue weighted by Gasteiger charge is 2.24. The lowest BCUT2D eigenvalue weighted by molar-refractivity contribution is 0.942. The van der Waals surface area contributed by atoms with Crippen LogP contribution in [0.1, 0.15) is 68.5 Å². The first kappa shape index (κ1) is 67.1. The summed E-state index contributed by atoms with van der Waals surface area (Å²) < 4.78 is 0. The van der Waals surface area contributed by atoms with Crippen LogP contribution >= 0.6 is 0 Å². The standard InChI is InChI=1S/C24H16.C22H16.2C18H14.C16H12.C14H12/c1-3-7-19-15(5-1)13-17-9-10-18-14-16-6-2-4-8-20(16)22-12-11-21(19)23(17)24(18)22;1-3-7-17-15(5-1)9-11-21-19(17)13-14-20-18-8-4-2-6-16(18)10-12-22(20)21;1-3-7-16-13(5-1)9-11-15-12-10-14-6-2-4-8-17(14)18(15)16;1-2-8-14-13(7-1)15-9-3-4-11-17(15)18-12-6-5-10-16(14)18;1-3-11-7-9-13-5-2-6-14-10-8-12(4-1)15(11)16(13)14;1-3-7-13-11(5-1)9-10-12-6-2-4-8-14(12)13/h1-10,13-14H,11-12H2;1-12H,13-14H2;1-9,11H,10,12H2;1-4,7-12H,5-6H2;1-7,9H,8,10H2;1-8H,9-10H2. The van der Waals surface area contributed by atoms with Gasteiger partial charge < -0.3 is 0 Å². The molecule has 0 fully saturated rings. The molecule has 6 aliphatic carbocycles. The van der Waals surface area contributed by atoms with Crippen molar-refractivity contribution in [3.8, 4) is 33.4 Å². The van der Waals surface area contributed by atoms with Crippen molar-refractivity contribution in [3.05, 3.63) is 418 Å². The van der Waals surface area contributed by atoms with Gasteiger partial charge in [0.1, 0.15) is 0 Å². The lowest BCUT2D eigenvalue weighted by Crippen LogP contribution is -2.28. The summed E-state index contributed by atoms with van der Waals surface area (Å²) in [5.74, 6) is 0. The van der Waals surface area contributed by atoms with Gasteiger partial charge in [0.15, 0.2) is 0 Å². The van der Waals surface area contributed by atoms with E-state index in [2.05, 4.69) is 364 Å². The molecule has 0 saturated heterocycles. The lowest BCUT2D eigenvalue weighted by atomic mass is 9.81. The third-order valence-corrected chi connectivity index (χ3v) is 25.2. The zero-order chi connectivity index (χ0) is 74.0. The Balaban J connectivity index is 0.0000000856. The third kappa shape index (κ3) is 11.9. The second-order valence-corrected chi connectivity index (χ2v) is 31.3. The maximum absolute atomic E-state index is 2.39. The second kappa shape index (κ2) is 28.8. The molecule has 0 atom stereocenters. The molecule has 0 amide bonds. The predicted molar refractivity (Wildman–Crippen MR) is 482 cm³/mol. The monoisotopic (exact) mass is 1430 g/mol.